The molecule has 0 amide bonds. The summed E-state index contributed by atoms with van der Waals surface area (Å²) in [5, 5.41) is 0. The molecule has 1 fully saturated rings. The molecule has 2 atom stereocenters. The topological polar surface area (TPSA) is 38.5 Å². The molecule has 1 aromatic carbocycles. The van der Waals surface area contributed by atoms with Crippen molar-refractivity contribution in [3.05, 3.63) is 29.3 Å². The number of nitrogens with two attached hydrogens (primary N) is 1. The van der Waals surface area contributed by atoms with E-state index >= 15 is 0 Å². The molecule has 3 nitrogen and oxygen atoms in total. The first-order valence-electron chi connectivity index (χ1n) is 6.79. The molecular weight excluding hydrogens is 224 g/mol. The van der Waals surface area contributed by atoms with Crippen LogP contribution in [0.15, 0.2) is 18.2 Å². The van der Waals surface area contributed by atoms with Gasteiger partial charge < -0.3 is 15.4 Å². The number of ether oxygens (including phenoxy) is 1. The van der Waals surface area contributed by atoms with Crippen LogP contribution in [0.4, 0.5) is 5.69 Å². The Hall–Kier alpha value is -1.06. The first-order valence-corrected chi connectivity index (χ1v) is 6.79. The van der Waals surface area contributed by atoms with Crippen LogP contribution < -0.4 is 10.6 Å². The van der Waals surface area contributed by atoms with Gasteiger partial charge in [-0.15, -0.1) is 0 Å². The zero-order chi connectivity index (χ0) is 13.1. The van der Waals surface area contributed by atoms with Gasteiger partial charge in [-0.05, 0) is 57.0 Å². The molecule has 100 valence electrons. The Morgan fingerprint density at radius 2 is 2.17 bits per heavy atom. The lowest BCUT2D eigenvalue weighted by atomic mass is 10.0. The van der Waals surface area contributed by atoms with Crippen LogP contribution in [0.1, 0.15) is 25.0 Å². The average molecular weight is 248 g/mol. The summed E-state index contributed by atoms with van der Waals surface area (Å²) >= 11 is 0. The number of aryl methyl sites for hydroxylation is 1. The first-order chi connectivity index (χ1) is 8.61. The maximum atomic E-state index is 5.68. The second-order valence-electron chi connectivity index (χ2n) is 5.29. The maximum absolute atomic E-state index is 5.68. The second kappa shape index (κ2) is 5.72. The van der Waals surface area contributed by atoms with Gasteiger partial charge in [0.2, 0.25) is 0 Å². The third-order valence-electron chi connectivity index (χ3n) is 3.68. The summed E-state index contributed by atoms with van der Waals surface area (Å²) in [6.45, 7) is 9.01. The molecule has 0 bridgehead atoms. The van der Waals surface area contributed by atoms with Gasteiger partial charge in [0.25, 0.3) is 0 Å². The molecule has 2 unspecified atom stereocenters. The monoisotopic (exact) mass is 248 g/mol. The highest BCUT2D eigenvalue weighted by atomic mass is 16.5. The first kappa shape index (κ1) is 13.4. The number of hydrogen-bond donors (Lipinski definition) is 1. The molecule has 2 rings (SSSR count). The minimum absolute atomic E-state index is 0.310. The van der Waals surface area contributed by atoms with E-state index in [4.69, 9.17) is 10.5 Å². The molecule has 1 aliphatic heterocycles. The van der Waals surface area contributed by atoms with Crippen molar-refractivity contribution in [3.8, 4) is 0 Å². The zero-order valence-corrected chi connectivity index (χ0v) is 11.6. The van der Waals surface area contributed by atoms with Crippen LogP contribution >= 0.6 is 0 Å². The van der Waals surface area contributed by atoms with Crippen molar-refractivity contribution in [2.75, 3.05) is 24.6 Å². The van der Waals surface area contributed by atoms with E-state index in [-0.39, 0.29) is 0 Å². The summed E-state index contributed by atoms with van der Waals surface area (Å²) < 4.78 is 5.68. The SMILES string of the molecule is Cc1cc(N2CC(C)OCC2C)ccc1CCN. The van der Waals surface area contributed by atoms with Gasteiger partial charge >= 0.3 is 0 Å². The second-order valence-corrected chi connectivity index (χ2v) is 5.29. The molecule has 0 spiro atoms. The summed E-state index contributed by atoms with van der Waals surface area (Å²) in [6.07, 6.45) is 1.27. The highest BCUT2D eigenvalue weighted by molar-refractivity contribution is 5.52. The maximum Gasteiger partial charge on any atom is 0.0723 e. The molecule has 0 aromatic heterocycles. The molecule has 0 aliphatic carbocycles. The van der Waals surface area contributed by atoms with Crippen molar-refractivity contribution in [2.45, 2.75) is 39.3 Å². The van der Waals surface area contributed by atoms with Crippen LogP contribution in [0.2, 0.25) is 0 Å². The smallest absolute Gasteiger partial charge is 0.0723 e. The fourth-order valence-corrected chi connectivity index (χ4v) is 2.56. The molecule has 1 heterocycles. The average Bonchev–Trinajstić information content (AvgIpc) is 2.35. The van der Waals surface area contributed by atoms with E-state index < -0.39 is 0 Å². The normalized spacial score (nSPS) is 24.3. The van der Waals surface area contributed by atoms with Crippen molar-refractivity contribution in [1.82, 2.24) is 0 Å². The Bertz CT molecular complexity index is 405. The van der Waals surface area contributed by atoms with E-state index in [1.54, 1.807) is 0 Å². The van der Waals surface area contributed by atoms with Gasteiger partial charge in [0.1, 0.15) is 0 Å². The Kier molecular flexibility index (Phi) is 4.25. The number of anilines is 1. The minimum atomic E-state index is 0.310. The van der Waals surface area contributed by atoms with Crippen LogP contribution in [0, 0.1) is 6.92 Å². The van der Waals surface area contributed by atoms with Crippen LogP contribution in [0.3, 0.4) is 0 Å². The van der Waals surface area contributed by atoms with Crippen LogP contribution in [-0.2, 0) is 11.2 Å². The van der Waals surface area contributed by atoms with Crippen LogP contribution in [0.25, 0.3) is 0 Å². The highest BCUT2D eigenvalue weighted by Gasteiger charge is 2.23. The summed E-state index contributed by atoms with van der Waals surface area (Å²) in [5.41, 5.74) is 9.62. The summed E-state index contributed by atoms with van der Waals surface area (Å²) in [6, 6.07) is 7.15. The summed E-state index contributed by atoms with van der Waals surface area (Å²) in [7, 11) is 0. The predicted octanol–water partition coefficient (Wildman–Crippen LogP) is 2.11. The van der Waals surface area contributed by atoms with E-state index in [9.17, 15) is 0 Å². The van der Waals surface area contributed by atoms with Crippen LogP contribution in [0.5, 0.6) is 0 Å². The Balaban J connectivity index is 2.19. The third-order valence-corrected chi connectivity index (χ3v) is 3.68. The van der Waals surface area contributed by atoms with Gasteiger partial charge in [0.15, 0.2) is 0 Å². The third kappa shape index (κ3) is 2.85. The largest absolute Gasteiger partial charge is 0.375 e. The van der Waals surface area contributed by atoms with Gasteiger partial charge in [-0.25, -0.2) is 0 Å². The quantitative estimate of drug-likeness (QED) is 0.890. The molecule has 18 heavy (non-hydrogen) atoms. The van der Waals surface area contributed by atoms with Crippen molar-refractivity contribution in [1.29, 1.82) is 0 Å². The fraction of sp³-hybridized carbons (Fsp3) is 0.600. The van der Waals surface area contributed by atoms with Crippen molar-refractivity contribution >= 4 is 5.69 Å². The highest BCUT2D eigenvalue weighted by Crippen LogP contribution is 2.24. The molecular formula is C15H24N2O. The minimum Gasteiger partial charge on any atom is -0.375 e. The molecule has 2 N–H and O–H groups in total. The lowest BCUT2D eigenvalue weighted by molar-refractivity contribution is 0.0344. The van der Waals surface area contributed by atoms with Crippen molar-refractivity contribution < 1.29 is 4.74 Å². The Morgan fingerprint density at radius 1 is 1.39 bits per heavy atom. The molecule has 1 aliphatic rings. The number of benzene rings is 1. The summed E-state index contributed by atoms with van der Waals surface area (Å²) in [5.74, 6) is 0. The van der Waals surface area contributed by atoms with E-state index in [1.165, 1.54) is 16.8 Å². The van der Waals surface area contributed by atoms with Gasteiger partial charge in [-0.3, -0.25) is 0 Å². The van der Waals surface area contributed by atoms with Gasteiger partial charge in [0.05, 0.1) is 12.7 Å². The number of nitrogens with zero attached hydrogens (tertiary/aromatic N) is 1. The zero-order valence-electron chi connectivity index (χ0n) is 11.6. The van der Waals surface area contributed by atoms with E-state index in [0.717, 1.165) is 19.6 Å². The molecule has 3 heteroatoms. The Morgan fingerprint density at radius 3 is 2.83 bits per heavy atom. The van der Waals surface area contributed by atoms with Crippen molar-refractivity contribution in [2.24, 2.45) is 5.73 Å². The lowest BCUT2D eigenvalue weighted by Gasteiger charge is -2.38. The van der Waals surface area contributed by atoms with Gasteiger partial charge in [-0.2, -0.15) is 0 Å². The van der Waals surface area contributed by atoms with Gasteiger partial charge in [0, 0.05) is 18.3 Å². The number of morpholine rings is 1. The van der Waals surface area contributed by atoms with E-state index in [1.807, 2.05) is 0 Å². The molecule has 0 saturated carbocycles. The molecule has 1 aromatic rings. The number of hydrogen-bond acceptors (Lipinski definition) is 3. The van der Waals surface area contributed by atoms with Gasteiger partial charge in [-0.1, -0.05) is 6.07 Å². The summed E-state index contributed by atoms with van der Waals surface area (Å²) in [4.78, 5) is 2.44. The van der Waals surface area contributed by atoms with E-state index in [0.29, 0.717) is 18.7 Å². The standard InChI is InChI=1S/C15H24N2O/c1-11-8-15(5-4-14(11)6-7-16)17-9-13(3)18-10-12(17)2/h4-5,8,12-13H,6-7,9-10,16H2,1-3H3. The fourth-order valence-electron chi connectivity index (χ4n) is 2.56. The van der Waals surface area contributed by atoms with E-state index in [2.05, 4.69) is 43.9 Å². The molecule has 0 radical (unpaired) electrons. The Labute approximate surface area is 110 Å². The lowest BCUT2D eigenvalue weighted by Crippen LogP contribution is -2.47. The van der Waals surface area contributed by atoms with Crippen LogP contribution in [-0.4, -0.2) is 31.8 Å². The number of rotatable bonds is 3. The predicted molar refractivity (Wildman–Crippen MR) is 76.2 cm³/mol. The van der Waals surface area contributed by atoms with Crippen molar-refractivity contribution in [3.63, 3.8) is 0 Å². The molecule has 1 saturated heterocycles.